The van der Waals surface area contributed by atoms with Gasteiger partial charge in [-0.1, -0.05) is 12.8 Å². The molecule has 0 unspecified atom stereocenters. The van der Waals surface area contributed by atoms with Crippen LogP contribution in [0.25, 0.3) is 0 Å². The predicted molar refractivity (Wildman–Crippen MR) is 72.9 cm³/mol. The van der Waals surface area contributed by atoms with Crippen LogP contribution in [0.4, 0.5) is 0 Å². The van der Waals surface area contributed by atoms with Crippen LogP contribution in [0, 0.1) is 11.8 Å². The van der Waals surface area contributed by atoms with Gasteiger partial charge in [0, 0.05) is 13.1 Å². The van der Waals surface area contributed by atoms with Crippen molar-refractivity contribution in [1.29, 1.82) is 0 Å². The van der Waals surface area contributed by atoms with Crippen LogP contribution in [-0.2, 0) is 19.4 Å². The van der Waals surface area contributed by atoms with Crippen molar-refractivity contribution < 1.29 is 23.1 Å². The number of amides is 1. The smallest absolute Gasteiger partial charge is 0.307 e. The predicted octanol–water partition coefficient (Wildman–Crippen LogP) is 0.525. The van der Waals surface area contributed by atoms with E-state index < -0.39 is 27.6 Å². The summed E-state index contributed by atoms with van der Waals surface area (Å²) >= 11 is 0. The standard InChI is InChI=1S/C13H21NO5S/c15-12(10-4-1-2-5-11(10)13(16)17)14-6-3-8-20(18,19)9-7-14/h10-11H,1-9H2,(H,16,17)/t10-,11+/m1/s1. The molecule has 114 valence electrons. The molecule has 0 radical (unpaired) electrons. The fraction of sp³-hybridized carbons (Fsp3) is 0.846. The van der Waals surface area contributed by atoms with E-state index in [0.29, 0.717) is 25.8 Å². The van der Waals surface area contributed by atoms with Gasteiger partial charge < -0.3 is 10.0 Å². The molecule has 0 aromatic heterocycles. The summed E-state index contributed by atoms with van der Waals surface area (Å²) in [7, 11) is -3.06. The molecule has 6 nitrogen and oxygen atoms in total. The van der Waals surface area contributed by atoms with E-state index in [0.717, 1.165) is 12.8 Å². The highest BCUT2D eigenvalue weighted by Crippen LogP contribution is 2.32. The van der Waals surface area contributed by atoms with Crippen LogP contribution in [0.5, 0.6) is 0 Å². The molecule has 7 heteroatoms. The zero-order valence-electron chi connectivity index (χ0n) is 11.5. The van der Waals surface area contributed by atoms with Crippen LogP contribution in [0.3, 0.4) is 0 Å². The van der Waals surface area contributed by atoms with E-state index in [1.807, 2.05) is 0 Å². The molecule has 2 fully saturated rings. The molecule has 1 N–H and O–H groups in total. The summed E-state index contributed by atoms with van der Waals surface area (Å²) in [5.74, 6) is -2.08. The summed E-state index contributed by atoms with van der Waals surface area (Å²) in [6.07, 6.45) is 3.29. The third-order valence-electron chi connectivity index (χ3n) is 4.27. The van der Waals surface area contributed by atoms with Crippen molar-refractivity contribution in [2.75, 3.05) is 24.6 Å². The van der Waals surface area contributed by atoms with E-state index in [1.54, 1.807) is 4.90 Å². The molecular weight excluding hydrogens is 282 g/mol. The first-order valence-corrected chi connectivity index (χ1v) is 8.95. The number of nitrogens with zero attached hydrogens (tertiary/aromatic N) is 1. The van der Waals surface area contributed by atoms with Crippen LogP contribution in [0.1, 0.15) is 32.1 Å². The largest absolute Gasteiger partial charge is 0.481 e. The monoisotopic (exact) mass is 303 g/mol. The Kier molecular flexibility index (Phi) is 4.67. The van der Waals surface area contributed by atoms with Crippen molar-refractivity contribution in [2.45, 2.75) is 32.1 Å². The normalized spacial score (nSPS) is 30.5. The van der Waals surface area contributed by atoms with Crippen LogP contribution in [0.2, 0.25) is 0 Å². The minimum atomic E-state index is -3.06. The molecule has 1 saturated carbocycles. The number of hydrogen-bond acceptors (Lipinski definition) is 4. The first-order valence-electron chi connectivity index (χ1n) is 7.13. The lowest BCUT2D eigenvalue weighted by atomic mass is 9.78. The number of carboxylic acid groups (broad SMARTS) is 1. The molecule has 0 bridgehead atoms. The second kappa shape index (κ2) is 6.11. The van der Waals surface area contributed by atoms with Crippen molar-refractivity contribution in [3.63, 3.8) is 0 Å². The van der Waals surface area contributed by atoms with E-state index in [9.17, 15) is 23.1 Å². The summed E-state index contributed by atoms with van der Waals surface area (Å²) in [6.45, 7) is 0.616. The van der Waals surface area contributed by atoms with Crippen LogP contribution < -0.4 is 0 Å². The van der Waals surface area contributed by atoms with Crippen molar-refractivity contribution in [2.24, 2.45) is 11.8 Å². The van der Waals surface area contributed by atoms with Crippen molar-refractivity contribution in [1.82, 2.24) is 4.90 Å². The summed E-state index contributed by atoms with van der Waals surface area (Å²) in [4.78, 5) is 25.3. The summed E-state index contributed by atoms with van der Waals surface area (Å²) in [5.41, 5.74) is 0. The van der Waals surface area contributed by atoms with Gasteiger partial charge in [0.25, 0.3) is 0 Å². The van der Waals surface area contributed by atoms with Crippen LogP contribution in [0.15, 0.2) is 0 Å². The molecule has 1 saturated heterocycles. The van der Waals surface area contributed by atoms with Crippen molar-refractivity contribution >= 4 is 21.7 Å². The molecule has 1 amide bonds. The molecule has 2 atom stereocenters. The fourth-order valence-electron chi connectivity index (χ4n) is 3.12. The molecule has 1 heterocycles. The summed E-state index contributed by atoms with van der Waals surface area (Å²) < 4.78 is 23.1. The molecule has 2 aliphatic rings. The summed E-state index contributed by atoms with van der Waals surface area (Å²) in [5, 5.41) is 9.23. The van der Waals surface area contributed by atoms with Crippen molar-refractivity contribution in [3.05, 3.63) is 0 Å². The van der Waals surface area contributed by atoms with Gasteiger partial charge in [-0.25, -0.2) is 8.42 Å². The van der Waals surface area contributed by atoms with Gasteiger partial charge in [0.05, 0.1) is 23.3 Å². The van der Waals surface area contributed by atoms with E-state index >= 15 is 0 Å². The Hall–Kier alpha value is -1.11. The molecule has 1 aliphatic carbocycles. The Labute approximate surface area is 119 Å². The zero-order chi connectivity index (χ0) is 14.8. The Balaban J connectivity index is 2.07. The molecule has 2 rings (SSSR count). The van der Waals surface area contributed by atoms with Gasteiger partial charge in [-0.05, 0) is 19.3 Å². The second-order valence-electron chi connectivity index (χ2n) is 5.67. The van der Waals surface area contributed by atoms with Gasteiger partial charge in [0.15, 0.2) is 9.84 Å². The maximum Gasteiger partial charge on any atom is 0.307 e. The van der Waals surface area contributed by atoms with E-state index in [4.69, 9.17) is 0 Å². The number of sulfone groups is 1. The Bertz CT molecular complexity index is 487. The quantitative estimate of drug-likeness (QED) is 0.803. The number of carbonyl (C=O) groups is 2. The van der Waals surface area contributed by atoms with Crippen LogP contribution >= 0.6 is 0 Å². The van der Waals surface area contributed by atoms with Gasteiger partial charge in [-0.15, -0.1) is 0 Å². The van der Waals surface area contributed by atoms with Gasteiger partial charge in [0.2, 0.25) is 5.91 Å². The highest BCUT2D eigenvalue weighted by atomic mass is 32.2. The first kappa shape index (κ1) is 15.3. The molecule has 0 aromatic rings. The summed E-state index contributed by atoms with van der Waals surface area (Å²) in [6, 6.07) is 0. The van der Waals surface area contributed by atoms with Crippen LogP contribution in [-0.4, -0.2) is 54.9 Å². The van der Waals surface area contributed by atoms with Gasteiger partial charge in [-0.2, -0.15) is 0 Å². The maximum atomic E-state index is 12.5. The lowest BCUT2D eigenvalue weighted by molar-refractivity contribution is -0.152. The minimum absolute atomic E-state index is 0.0107. The maximum absolute atomic E-state index is 12.5. The third kappa shape index (κ3) is 3.50. The lowest BCUT2D eigenvalue weighted by Crippen LogP contribution is -2.43. The van der Waals surface area contributed by atoms with Crippen molar-refractivity contribution in [3.8, 4) is 0 Å². The van der Waals surface area contributed by atoms with Gasteiger partial charge >= 0.3 is 5.97 Å². The van der Waals surface area contributed by atoms with Gasteiger partial charge in [-0.3, -0.25) is 9.59 Å². The first-order chi connectivity index (χ1) is 9.41. The highest BCUT2D eigenvalue weighted by Gasteiger charge is 2.38. The molecule has 1 aliphatic heterocycles. The fourth-order valence-corrected chi connectivity index (χ4v) is 4.39. The molecule has 0 aromatic carbocycles. The third-order valence-corrected chi connectivity index (χ3v) is 5.98. The minimum Gasteiger partial charge on any atom is -0.481 e. The second-order valence-corrected chi connectivity index (χ2v) is 7.97. The Morgan fingerprint density at radius 2 is 1.60 bits per heavy atom. The molecule has 20 heavy (non-hydrogen) atoms. The highest BCUT2D eigenvalue weighted by molar-refractivity contribution is 7.91. The van der Waals surface area contributed by atoms with E-state index in [2.05, 4.69) is 0 Å². The number of carboxylic acids is 1. The average molecular weight is 303 g/mol. The lowest BCUT2D eigenvalue weighted by Gasteiger charge is -2.32. The van der Waals surface area contributed by atoms with Gasteiger partial charge in [0.1, 0.15) is 0 Å². The number of hydrogen-bond donors (Lipinski definition) is 1. The zero-order valence-corrected chi connectivity index (χ0v) is 12.3. The SMILES string of the molecule is O=C(O)[C@H]1CCCC[C@H]1C(=O)N1CCCS(=O)(=O)CC1. The van der Waals surface area contributed by atoms with E-state index in [-0.39, 0.29) is 24.0 Å². The molecular formula is C13H21NO5S. The Morgan fingerprint density at radius 1 is 0.950 bits per heavy atom. The van der Waals surface area contributed by atoms with E-state index in [1.165, 1.54) is 0 Å². The molecule has 0 spiro atoms. The Morgan fingerprint density at radius 3 is 2.25 bits per heavy atom. The average Bonchev–Trinajstić information content (AvgIpc) is 2.59. The topological polar surface area (TPSA) is 91.8 Å². The number of rotatable bonds is 2. The number of aliphatic carboxylic acids is 1. The number of carbonyl (C=O) groups excluding carboxylic acids is 1.